The van der Waals surface area contributed by atoms with E-state index in [-0.39, 0.29) is 11.9 Å². The number of anilines is 1. The lowest BCUT2D eigenvalue weighted by Crippen LogP contribution is -2.22. The number of amides is 1. The maximum absolute atomic E-state index is 12.9. The van der Waals surface area contributed by atoms with Crippen molar-refractivity contribution in [2.24, 2.45) is 0 Å². The SMILES string of the molecule is CN(C)Cc1[nH]c2ccccc2c1C1NC(=O)c2cc(C#CS(C)(C)C)c(N)cc21. The van der Waals surface area contributed by atoms with Crippen LogP contribution in [0.5, 0.6) is 0 Å². The van der Waals surface area contributed by atoms with E-state index in [2.05, 4.69) is 57.3 Å². The number of para-hydroxylation sites is 1. The van der Waals surface area contributed by atoms with Crippen LogP contribution < -0.4 is 11.1 Å². The summed E-state index contributed by atoms with van der Waals surface area (Å²) in [6.45, 7) is 0.749. The minimum Gasteiger partial charge on any atom is -0.398 e. The van der Waals surface area contributed by atoms with Crippen LogP contribution in [0.15, 0.2) is 36.4 Å². The minimum absolute atomic E-state index is 0.0813. The van der Waals surface area contributed by atoms with Crippen LogP contribution >= 0.6 is 10.0 Å². The molecular weight excluding hydrogens is 392 g/mol. The summed E-state index contributed by atoms with van der Waals surface area (Å²) in [4.78, 5) is 18.5. The van der Waals surface area contributed by atoms with Crippen molar-refractivity contribution in [2.45, 2.75) is 12.6 Å². The van der Waals surface area contributed by atoms with Gasteiger partial charge in [-0.15, -0.1) is 0 Å². The fraction of sp³-hybridized carbons (Fsp3) is 0.292. The quantitative estimate of drug-likeness (QED) is 0.447. The molecule has 4 rings (SSSR count). The number of hydrogen-bond donors (Lipinski definition) is 3. The van der Waals surface area contributed by atoms with Crippen molar-refractivity contribution in [3.8, 4) is 11.2 Å². The second-order valence-corrected chi connectivity index (χ2v) is 12.7. The predicted octanol–water partition coefficient (Wildman–Crippen LogP) is 3.65. The average molecular weight is 421 g/mol. The molecule has 2 aromatic carbocycles. The Bertz CT molecular complexity index is 1210. The Kier molecular flexibility index (Phi) is 5.05. The van der Waals surface area contributed by atoms with E-state index in [1.165, 1.54) is 0 Å². The van der Waals surface area contributed by atoms with Crippen LogP contribution in [0.3, 0.4) is 0 Å². The second-order valence-electron chi connectivity index (χ2n) is 8.80. The molecular formula is C24H28N4OS. The number of carbonyl (C=O) groups is 1. The van der Waals surface area contributed by atoms with Crippen molar-refractivity contribution in [1.29, 1.82) is 0 Å². The van der Waals surface area contributed by atoms with Crippen molar-refractivity contribution in [3.63, 3.8) is 0 Å². The fourth-order valence-corrected chi connectivity index (χ4v) is 4.31. The van der Waals surface area contributed by atoms with Gasteiger partial charge in [0.2, 0.25) is 0 Å². The van der Waals surface area contributed by atoms with Crippen LogP contribution in [-0.2, 0) is 6.54 Å². The molecule has 0 saturated heterocycles. The molecule has 1 aliphatic heterocycles. The lowest BCUT2D eigenvalue weighted by atomic mass is 9.94. The van der Waals surface area contributed by atoms with Gasteiger partial charge in [0.25, 0.3) is 5.91 Å². The van der Waals surface area contributed by atoms with Gasteiger partial charge in [-0.2, -0.15) is 10.0 Å². The molecule has 0 bridgehead atoms. The largest absolute Gasteiger partial charge is 0.398 e. The highest BCUT2D eigenvalue weighted by molar-refractivity contribution is 8.35. The lowest BCUT2D eigenvalue weighted by molar-refractivity contribution is 0.0960. The lowest BCUT2D eigenvalue weighted by Gasteiger charge is -2.17. The minimum atomic E-state index is -0.980. The first-order valence-corrected chi connectivity index (χ1v) is 12.7. The van der Waals surface area contributed by atoms with Crippen LogP contribution in [-0.4, -0.2) is 48.7 Å². The third-order valence-corrected chi connectivity index (χ3v) is 5.85. The number of aromatic nitrogens is 1. The number of hydrogen-bond acceptors (Lipinski definition) is 3. The van der Waals surface area contributed by atoms with Crippen LogP contribution in [0.4, 0.5) is 5.69 Å². The zero-order chi connectivity index (χ0) is 21.6. The molecule has 0 spiro atoms. The maximum atomic E-state index is 12.9. The Hall–Kier alpha value is -2.88. The van der Waals surface area contributed by atoms with Crippen molar-refractivity contribution in [3.05, 3.63) is 64.3 Å². The Labute approximate surface area is 179 Å². The standard InChI is InChI=1S/C24H28N4OS/c1-28(2)14-21-22(16-8-6-7-9-20(16)26-21)23-17-13-19(25)15(10-11-30(3,4)5)12-18(17)24(29)27-23/h6-9,12-13,23,26H,14,25H2,1-5H3,(H,27,29). The molecule has 30 heavy (non-hydrogen) atoms. The molecule has 0 radical (unpaired) electrons. The molecule has 1 amide bonds. The highest BCUT2D eigenvalue weighted by Crippen LogP contribution is 2.39. The van der Waals surface area contributed by atoms with Crippen molar-refractivity contribution >= 4 is 32.5 Å². The fourth-order valence-electron chi connectivity index (χ4n) is 3.89. The van der Waals surface area contributed by atoms with Gasteiger partial charge in [-0.25, -0.2) is 0 Å². The highest BCUT2D eigenvalue weighted by atomic mass is 32.3. The number of nitrogens with zero attached hydrogens (tertiary/aromatic N) is 1. The maximum Gasteiger partial charge on any atom is 0.252 e. The van der Waals surface area contributed by atoms with Crippen molar-refractivity contribution in [2.75, 3.05) is 38.6 Å². The second kappa shape index (κ2) is 7.42. The van der Waals surface area contributed by atoms with Crippen molar-refractivity contribution in [1.82, 2.24) is 15.2 Å². The number of carbonyl (C=O) groups excluding carboxylic acids is 1. The molecule has 0 aliphatic carbocycles. The molecule has 1 atom stereocenters. The van der Waals surface area contributed by atoms with Gasteiger partial charge in [0.05, 0.1) is 6.04 Å². The first-order valence-electron chi connectivity index (χ1n) is 9.83. The molecule has 1 aliphatic rings. The monoisotopic (exact) mass is 420 g/mol. The molecule has 3 aromatic rings. The van der Waals surface area contributed by atoms with Gasteiger partial charge in [0.1, 0.15) is 0 Å². The van der Waals surface area contributed by atoms with E-state index in [9.17, 15) is 4.79 Å². The number of rotatable bonds is 3. The third-order valence-electron chi connectivity index (χ3n) is 5.14. The summed E-state index contributed by atoms with van der Waals surface area (Å²) in [5, 5.41) is 7.59. The summed E-state index contributed by atoms with van der Waals surface area (Å²) in [7, 11) is 3.10. The van der Waals surface area contributed by atoms with Crippen molar-refractivity contribution < 1.29 is 4.79 Å². The zero-order valence-electron chi connectivity index (χ0n) is 18.1. The summed E-state index contributed by atoms with van der Waals surface area (Å²) in [6, 6.07) is 11.7. The van der Waals surface area contributed by atoms with Gasteiger partial charge < -0.3 is 20.9 Å². The molecule has 4 N–H and O–H groups in total. The van der Waals surface area contributed by atoms with E-state index in [1.54, 1.807) is 0 Å². The molecule has 1 aromatic heterocycles. The van der Waals surface area contributed by atoms with Crippen LogP contribution in [0, 0.1) is 11.2 Å². The summed E-state index contributed by atoms with van der Waals surface area (Å²) in [5.74, 6) is 3.11. The summed E-state index contributed by atoms with van der Waals surface area (Å²) in [5.41, 5.74) is 12.5. The molecule has 1 unspecified atom stereocenters. The van der Waals surface area contributed by atoms with Gasteiger partial charge in [-0.05, 0) is 61.9 Å². The van der Waals surface area contributed by atoms with E-state index in [0.717, 1.165) is 39.8 Å². The predicted molar refractivity (Wildman–Crippen MR) is 128 cm³/mol. The number of H-pyrrole nitrogens is 1. The number of fused-ring (bicyclic) bond motifs is 2. The van der Waals surface area contributed by atoms with E-state index < -0.39 is 10.0 Å². The summed E-state index contributed by atoms with van der Waals surface area (Å²) >= 11 is 0. The Morgan fingerprint density at radius 3 is 2.60 bits per heavy atom. The van der Waals surface area contributed by atoms with E-state index in [0.29, 0.717) is 11.3 Å². The number of nitrogens with two attached hydrogens (primary N) is 1. The molecule has 0 saturated carbocycles. The Morgan fingerprint density at radius 2 is 1.90 bits per heavy atom. The topological polar surface area (TPSA) is 74.2 Å². The van der Waals surface area contributed by atoms with Crippen LogP contribution in [0.2, 0.25) is 0 Å². The summed E-state index contributed by atoms with van der Waals surface area (Å²) in [6.07, 6.45) is 6.40. The molecule has 0 fully saturated rings. The van der Waals surface area contributed by atoms with Crippen LogP contribution in [0.25, 0.3) is 10.9 Å². The Morgan fingerprint density at radius 1 is 1.17 bits per heavy atom. The zero-order valence-corrected chi connectivity index (χ0v) is 18.9. The van der Waals surface area contributed by atoms with Gasteiger partial charge in [-0.1, -0.05) is 24.1 Å². The molecule has 5 nitrogen and oxygen atoms in total. The van der Waals surface area contributed by atoms with Gasteiger partial charge in [0, 0.05) is 45.5 Å². The third kappa shape index (κ3) is 3.79. The number of benzene rings is 2. The number of nitrogens with one attached hydrogen (secondary N) is 2. The van der Waals surface area contributed by atoms with Crippen LogP contribution in [0.1, 0.15) is 38.8 Å². The smallest absolute Gasteiger partial charge is 0.252 e. The van der Waals surface area contributed by atoms with Gasteiger partial charge in [0.15, 0.2) is 0 Å². The first kappa shape index (κ1) is 20.4. The normalized spacial score (nSPS) is 16.3. The van der Waals surface area contributed by atoms with E-state index >= 15 is 0 Å². The van der Waals surface area contributed by atoms with E-state index in [4.69, 9.17) is 5.73 Å². The molecule has 6 heteroatoms. The molecule has 2 heterocycles. The number of nitrogen functional groups attached to an aromatic ring is 1. The van der Waals surface area contributed by atoms with Gasteiger partial charge >= 0.3 is 0 Å². The Balaban J connectivity index is 1.86. The molecule has 156 valence electrons. The van der Waals surface area contributed by atoms with Gasteiger partial charge in [-0.3, -0.25) is 4.79 Å². The first-order chi connectivity index (χ1) is 14.1. The van der Waals surface area contributed by atoms with E-state index in [1.807, 2.05) is 38.4 Å². The average Bonchev–Trinajstić information content (AvgIpc) is 3.15. The summed E-state index contributed by atoms with van der Waals surface area (Å²) < 4.78 is 0. The highest BCUT2D eigenvalue weighted by Gasteiger charge is 2.34. The number of aromatic amines is 1.